The predicted octanol–water partition coefficient (Wildman–Crippen LogP) is 3.72. The van der Waals surface area contributed by atoms with Crippen molar-refractivity contribution in [2.24, 2.45) is 0 Å². The minimum Gasteiger partial charge on any atom is -0.481 e. The molecule has 0 bridgehead atoms. The maximum atomic E-state index is 12.3. The van der Waals surface area contributed by atoms with Gasteiger partial charge in [0, 0.05) is 37.8 Å². The van der Waals surface area contributed by atoms with E-state index in [1.165, 1.54) is 6.33 Å². The molecule has 13 heteroatoms. The lowest BCUT2D eigenvalue weighted by molar-refractivity contribution is -0.141. The largest absolute Gasteiger partial charge is 0.481 e. The van der Waals surface area contributed by atoms with E-state index in [0.717, 1.165) is 37.0 Å². The molecule has 1 aliphatic heterocycles. The number of fused-ring (bicyclic) bond motifs is 1. The Bertz CT molecular complexity index is 1610. The van der Waals surface area contributed by atoms with Crippen LogP contribution in [0.1, 0.15) is 82.5 Å². The van der Waals surface area contributed by atoms with Crippen molar-refractivity contribution in [3.63, 3.8) is 0 Å². The van der Waals surface area contributed by atoms with Gasteiger partial charge in [0.05, 0.1) is 22.9 Å². The predicted molar refractivity (Wildman–Crippen MR) is 149 cm³/mol. The summed E-state index contributed by atoms with van der Waals surface area (Å²) in [5.74, 6) is 0.947. The number of carbonyl (C=O) groups is 2. The van der Waals surface area contributed by atoms with Crippen LogP contribution in [0.25, 0.3) is 33.8 Å². The van der Waals surface area contributed by atoms with Gasteiger partial charge in [-0.25, -0.2) is 24.6 Å². The topological polar surface area (TPSA) is 179 Å². The number of likely N-dealkylation sites (tertiary alicyclic amines) is 1. The van der Waals surface area contributed by atoms with E-state index in [9.17, 15) is 9.59 Å². The van der Waals surface area contributed by atoms with E-state index in [1.54, 1.807) is 4.90 Å². The van der Waals surface area contributed by atoms with Crippen LogP contribution in [0.3, 0.4) is 0 Å². The second kappa shape index (κ2) is 10.2. The highest BCUT2D eigenvalue weighted by Crippen LogP contribution is 2.48. The number of carboxylic acid groups (broad SMARTS) is 1. The number of hydrogen-bond acceptors (Lipinski definition) is 10. The molecule has 1 aliphatic carbocycles. The van der Waals surface area contributed by atoms with E-state index in [2.05, 4.69) is 15.1 Å². The van der Waals surface area contributed by atoms with Crippen LogP contribution in [0.15, 0.2) is 23.2 Å². The Labute approximate surface area is 236 Å². The average molecular weight is 560 g/mol. The summed E-state index contributed by atoms with van der Waals surface area (Å²) < 4.78 is 7.72. The molecule has 41 heavy (non-hydrogen) atoms. The molecule has 6 rings (SSSR count). The van der Waals surface area contributed by atoms with Crippen LogP contribution in [-0.4, -0.2) is 69.8 Å². The van der Waals surface area contributed by atoms with Gasteiger partial charge in [-0.1, -0.05) is 5.16 Å². The molecule has 0 aromatic carbocycles. The summed E-state index contributed by atoms with van der Waals surface area (Å²) in [6.07, 6.45) is 8.54. The van der Waals surface area contributed by atoms with Crippen LogP contribution >= 0.6 is 0 Å². The molecule has 0 radical (unpaired) electrons. The third-order valence-electron chi connectivity index (χ3n) is 7.79. The summed E-state index contributed by atoms with van der Waals surface area (Å²) in [6, 6.07) is 0. The first-order valence-electron chi connectivity index (χ1n) is 13.9. The summed E-state index contributed by atoms with van der Waals surface area (Å²) in [4.78, 5) is 43.1. The number of carbonyl (C=O) groups excluding carboxylic acids is 1. The van der Waals surface area contributed by atoms with Crippen LogP contribution in [0.4, 0.5) is 5.82 Å². The number of nitrogen functional groups attached to an aromatic ring is 1. The molecule has 2 aliphatic rings. The molecule has 3 N–H and O–H groups in total. The molecule has 0 spiro atoms. The standard InChI is InChI=1S/C28H33N9O4/c1-28(2,3)37-27-21(25(29)32-14-33-27)22(34-37)23-20(24(41-35-23)16-4-5-16)26-30-12-17(13-31-26)15-8-10-36(11-9-15)18(38)6-7-19(39)40/h12-16H,4-11H2,1-3H3,(H,39,40)(H2,29,32,33). The third kappa shape index (κ3) is 5.11. The van der Waals surface area contributed by atoms with Crippen molar-refractivity contribution >= 4 is 28.7 Å². The van der Waals surface area contributed by atoms with Gasteiger partial charge in [0.25, 0.3) is 0 Å². The molecule has 214 valence electrons. The van der Waals surface area contributed by atoms with Gasteiger partial charge >= 0.3 is 5.97 Å². The number of hydrogen-bond donors (Lipinski definition) is 2. The van der Waals surface area contributed by atoms with Crippen molar-refractivity contribution in [2.45, 2.75) is 76.7 Å². The molecule has 2 fully saturated rings. The number of carboxylic acids is 1. The van der Waals surface area contributed by atoms with Gasteiger partial charge in [0.2, 0.25) is 5.91 Å². The Morgan fingerprint density at radius 3 is 2.34 bits per heavy atom. The van der Waals surface area contributed by atoms with Crippen molar-refractivity contribution < 1.29 is 19.2 Å². The molecule has 1 amide bonds. The Balaban J connectivity index is 1.30. The normalized spacial score (nSPS) is 16.4. The summed E-state index contributed by atoms with van der Waals surface area (Å²) in [5, 5.41) is 18.8. The van der Waals surface area contributed by atoms with E-state index in [-0.39, 0.29) is 36.1 Å². The van der Waals surface area contributed by atoms with E-state index in [4.69, 9.17) is 30.4 Å². The number of nitrogens with two attached hydrogens (primary N) is 1. The molecule has 4 aromatic rings. The number of anilines is 1. The maximum Gasteiger partial charge on any atom is 0.303 e. The summed E-state index contributed by atoms with van der Waals surface area (Å²) in [7, 11) is 0. The Morgan fingerprint density at radius 2 is 1.71 bits per heavy atom. The molecule has 0 atom stereocenters. The highest BCUT2D eigenvalue weighted by molar-refractivity contribution is 6.00. The van der Waals surface area contributed by atoms with Gasteiger partial charge < -0.3 is 20.3 Å². The van der Waals surface area contributed by atoms with Crippen LogP contribution in [-0.2, 0) is 15.1 Å². The summed E-state index contributed by atoms with van der Waals surface area (Å²) >= 11 is 0. The zero-order valence-electron chi connectivity index (χ0n) is 23.4. The van der Waals surface area contributed by atoms with Crippen LogP contribution < -0.4 is 5.73 Å². The third-order valence-corrected chi connectivity index (χ3v) is 7.79. The Hall–Kier alpha value is -4.42. The van der Waals surface area contributed by atoms with E-state index in [1.807, 2.05) is 37.8 Å². The average Bonchev–Trinajstić information content (AvgIpc) is 3.57. The second-order valence-corrected chi connectivity index (χ2v) is 11.8. The second-order valence-electron chi connectivity index (χ2n) is 11.8. The fourth-order valence-electron chi connectivity index (χ4n) is 5.42. The zero-order valence-corrected chi connectivity index (χ0v) is 23.4. The van der Waals surface area contributed by atoms with Gasteiger partial charge in [0.1, 0.15) is 23.5 Å². The molecule has 4 aromatic heterocycles. The zero-order chi connectivity index (χ0) is 28.9. The molecule has 13 nitrogen and oxygen atoms in total. The van der Waals surface area contributed by atoms with Crippen molar-refractivity contribution in [2.75, 3.05) is 18.8 Å². The molecular weight excluding hydrogens is 526 g/mol. The number of aliphatic carboxylic acids is 1. The SMILES string of the molecule is CC(C)(C)n1nc(-c2noc(C3CC3)c2-c2ncc(C3CCN(C(=O)CCC(=O)O)CC3)cn2)c2c(N)ncnc21. The number of nitrogens with zero attached hydrogens (tertiary/aromatic N) is 8. The molecular formula is C28H33N9O4. The fraction of sp³-hybridized carbons (Fsp3) is 0.500. The number of piperidine rings is 1. The maximum absolute atomic E-state index is 12.3. The van der Waals surface area contributed by atoms with E-state index >= 15 is 0 Å². The summed E-state index contributed by atoms with van der Waals surface area (Å²) in [5.41, 5.74) is 9.34. The van der Waals surface area contributed by atoms with Crippen molar-refractivity contribution in [3.8, 4) is 22.8 Å². The highest BCUT2D eigenvalue weighted by atomic mass is 16.5. The quantitative estimate of drug-likeness (QED) is 0.337. The summed E-state index contributed by atoms with van der Waals surface area (Å²) in [6.45, 7) is 7.29. The van der Waals surface area contributed by atoms with Crippen LogP contribution in [0, 0.1) is 0 Å². The van der Waals surface area contributed by atoms with Gasteiger partial charge in [-0.2, -0.15) is 5.10 Å². The lowest BCUT2D eigenvalue weighted by Gasteiger charge is -2.32. The van der Waals surface area contributed by atoms with E-state index < -0.39 is 5.97 Å². The van der Waals surface area contributed by atoms with Gasteiger partial charge in [-0.15, -0.1) is 0 Å². The van der Waals surface area contributed by atoms with Crippen molar-refractivity contribution in [3.05, 3.63) is 30.0 Å². The molecule has 1 saturated heterocycles. The minimum atomic E-state index is -0.959. The van der Waals surface area contributed by atoms with Crippen molar-refractivity contribution in [1.82, 2.24) is 39.8 Å². The fourth-order valence-corrected chi connectivity index (χ4v) is 5.42. The highest BCUT2D eigenvalue weighted by Gasteiger charge is 2.36. The molecule has 5 heterocycles. The Morgan fingerprint density at radius 1 is 1.00 bits per heavy atom. The number of aromatic nitrogens is 7. The van der Waals surface area contributed by atoms with Gasteiger partial charge in [-0.05, 0) is 57.9 Å². The number of amides is 1. The lowest BCUT2D eigenvalue weighted by Crippen LogP contribution is -2.38. The smallest absolute Gasteiger partial charge is 0.303 e. The van der Waals surface area contributed by atoms with Crippen molar-refractivity contribution in [1.29, 1.82) is 0 Å². The first-order valence-corrected chi connectivity index (χ1v) is 13.9. The number of rotatable bonds is 7. The van der Waals surface area contributed by atoms with Crippen LogP contribution in [0.5, 0.6) is 0 Å². The lowest BCUT2D eigenvalue weighted by atomic mass is 9.91. The van der Waals surface area contributed by atoms with Gasteiger partial charge in [0.15, 0.2) is 17.2 Å². The van der Waals surface area contributed by atoms with Gasteiger partial charge in [-0.3, -0.25) is 9.59 Å². The molecule has 1 saturated carbocycles. The monoisotopic (exact) mass is 559 g/mol. The Kier molecular flexibility index (Phi) is 6.66. The van der Waals surface area contributed by atoms with E-state index in [0.29, 0.717) is 52.7 Å². The first-order chi connectivity index (χ1) is 19.6. The minimum absolute atomic E-state index is 0.0310. The van der Waals surface area contributed by atoms with Crippen LogP contribution in [0.2, 0.25) is 0 Å². The first kappa shape index (κ1) is 26.8. The molecule has 0 unspecified atom stereocenters.